The number of rotatable bonds is 2. The second kappa shape index (κ2) is 4.67. The van der Waals surface area contributed by atoms with Crippen molar-refractivity contribution in [2.75, 3.05) is 0 Å². The molecule has 0 radical (unpaired) electrons. The first-order valence-corrected chi connectivity index (χ1v) is 6.72. The summed E-state index contributed by atoms with van der Waals surface area (Å²) in [6.45, 7) is 4.13. The van der Waals surface area contributed by atoms with E-state index in [0.29, 0.717) is 11.5 Å². The molecule has 1 unspecified atom stereocenters. The summed E-state index contributed by atoms with van der Waals surface area (Å²) in [7, 11) is 0. The number of fused-ring (bicyclic) bond motifs is 2. The van der Waals surface area contributed by atoms with Crippen LogP contribution in [0.1, 0.15) is 42.4 Å². The minimum absolute atomic E-state index is 0.251. The van der Waals surface area contributed by atoms with Gasteiger partial charge in [-0.05, 0) is 23.6 Å². The smallest absolute Gasteiger partial charge is 0.315 e. The van der Waals surface area contributed by atoms with Crippen molar-refractivity contribution < 1.29 is 14.6 Å². The first-order valence-electron chi connectivity index (χ1n) is 6.72. The monoisotopic (exact) mass is 268 g/mol. The van der Waals surface area contributed by atoms with Crippen LogP contribution in [0, 0.1) is 0 Å². The molecule has 1 aliphatic heterocycles. The van der Waals surface area contributed by atoms with E-state index in [1.807, 2.05) is 42.5 Å². The lowest BCUT2D eigenvalue weighted by molar-refractivity contribution is -0.137. The van der Waals surface area contributed by atoms with Crippen molar-refractivity contribution in [1.29, 1.82) is 0 Å². The highest BCUT2D eigenvalue weighted by Crippen LogP contribution is 2.46. The van der Waals surface area contributed by atoms with Gasteiger partial charge in [-0.3, -0.25) is 4.79 Å². The Hall–Kier alpha value is -2.29. The van der Waals surface area contributed by atoms with Gasteiger partial charge < -0.3 is 9.84 Å². The molecule has 1 atom stereocenters. The Balaban J connectivity index is 2.27. The third kappa shape index (κ3) is 1.86. The van der Waals surface area contributed by atoms with Gasteiger partial charge in [-0.25, -0.2) is 0 Å². The van der Waals surface area contributed by atoms with Crippen LogP contribution in [0.2, 0.25) is 0 Å². The van der Waals surface area contributed by atoms with Crippen molar-refractivity contribution >= 4 is 5.97 Å². The summed E-state index contributed by atoms with van der Waals surface area (Å²) in [4.78, 5) is 11.8. The van der Waals surface area contributed by atoms with E-state index in [9.17, 15) is 9.90 Å². The Morgan fingerprint density at radius 2 is 1.80 bits per heavy atom. The van der Waals surface area contributed by atoms with Gasteiger partial charge >= 0.3 is 5.97 Å². The minimum atomic E-state index is -0.838. The van der Waals surface area contributed by atoms with Crippen molar-refractivity contribution in [3.05, 3.63) is 59.2 Å². The van der Waals surface area contributed by atoms with Gasteiger partial charge in [0, 0.05) is 11.1 Å². The minimum Gasteiger partial charge on any atom is -0.481 e. The molecule has 0 amide bonds. The van der Waals surface area contributed by atoms with Crippen LogP contribution in [-0.2, 0) is 4.79 Å². The van der Waals surface area contributed by atoms with Gasteiger partial charge in [0.15, 0.2) is 0 Å². The van der Waals surface area contributed by atoms with Crippen LogP contribution in [0.25, 0.3) is 0 Å². The second-order valence-corrected chi connectivity index (χ2v) is 5.32. The van der Waals surface area contributed by atoms with E-state index in [0.717, 1.165) is 16.7 Å². The molecule has 102 valence electrons. The molecule has 3 heteroatoms. The molecule has 0 saturated heterocycles. The number of aliphatic carboxylic acids is 1. The van der Waals surface area contributed by atoms with Gasteiger partial charge in [-0.15, -0.1) is 0 Å². The number of benzene rings is 2. The van der Waals surface area contributed by atoms with Crippen LogP contribution in [0.4, 0.5) is 0 Å². The molecule has 0 bridgehead atoms. The SMILES string of the molecule is CC(C)c1cccc2c1C(C(=O)O)c1ccccc1O2. The van der Waals surface area contributed by atoms with Crippen LogP contribution < -0.4 is 4.74 Å². The molecule has 1 N–H and O–H groups in total. The predicted molar refractivity (Wildman–Crippen MR) is 76.5 cm³/mol. The van der Waals surface area contributed by atoms with Crippen molar-refractivity contribution in [1.82, 2.24) is 0 Å². The van der Waals surface area contributed by atoms with E-state index >= 15 is 0 Å². The normalized spacial score (nSPS) is 16.2. The number of ether oxygens (including phenoxy) is 1. The van der Waals surface area contributed by atoms with Gasteiger partial charge in [0.25, 0.3) is 0 Å². The lowest BCUT2D eigenvalue weighted by atomic mass is 9.82. The summed E-state index contributed by atoms with van der Waals surface area (Å²) < 4.78 is 5.89. The van der Waals surface area contributed by atoms with E-state index in [2.05, 4.69) is 13.8 Å². The lowest BCUT2D eigenvalue weighted by Crippen LogP contribution is -2.20. The Bertz CT molecular complexity index is 674. The van der Waals surface area contributed by atoms with Crippen molar-refractivity contribution in [2.45, 2.75) is 25.7 Å². The maximum atomic E-state index is 11.8. The molecule has 20 heavy (non-hydrogen) atoms. The molecule has 2 aromatic rings. The number of hydrogen-bond donors (Lipinski definition) is 1. The number of carboxylic acid groups (broad SMARTS) is 1. The molecule has 3 rings (SSSR count). The summed E-state index contributed by atoms with van der Waals surface area (Å²) >= 11 is 0. The molecule has 0 aromatic heterocycles. The second-order valence-electron chi connectivity index (χ2n) is 5.32. The van der Waals surface area contributed by atoms with E-state index < -0.39 is 11.9 Å². The molecule has 1 heterocycles. The van der Waals surface area contributed by atoms with Crippen molar-refractivity contribution in [3.63, 3.8) is 0 Å². The zero-order valence-electron chi connectivity index (χ0n) is 11.5. The quantitative estimate of drug-likeness (QED) is 0.890. The Labute approximate surface area is 117 Å². The van der Waals surface area contributed by atoms with Crippen LogP contribution in [0.5, 0.6) is 11.5 Å². The Kier molecular flexibility index (Phi) is 2.97. The average molecular weight is 268 g/mol. The molecule has 0 saturated carbocycles. The largest absolute Gasteiger partial charge is 0.481 e. The molecule has 0 aliphatic carbocycles. The Morgan fingerprint density at radius 1 is 1.10 bits per heavy atom. The van der Waals surface area contributed by atoms with Crippen LogP contribution in [0.15, 0.2) is 42.5 Å². The number of para-hydroxylation sites is 1. The van der Waals surface area contributed by atoms with Crippen LogP contribution >= 0.6 is 0 Å². The molecule has 0 fully saturated rings. The van der Waals surface area contributed by atoms with Crippen molar-refractivity contribution in [3.8, 4) is 11.5 Å². The highest BCUT2D eigenvalue weighted by Gasteiger charge is 2.34. The number of carboxylic acids is 1. The van der Waals surface area contributed by atoms with Gasteiger partial charge in [0.1, 0.15) is 17.4 Å². The van der Waals surface area contributed by atoms with Gasteiger partial charge in [0.2, 0.25) is 0 Å². The zero-order valence-corrected chi connectivity index (χ0v) is 11.5. The fraction of sp³-hybridized carbons (Fsp3) is 0.235. The van der Waals surface area contributed by atoms with Gasteiger partial charge in [-0.2, -0.15) is 0 Å². The van der Waals surface area contributed by atoms with Crippen LogP contribution in [-0.4, -0.2) is 11.1 Å². The van der Waals surface area contributed by atoms with E-state index in [1.54, 1.807) is 0 Å². The Morgan fingerprint density at radius 3 is 2.50 bits per heavy atom. The third-order valence-electron chi connectivity index (χ3n) is 3.71. The standard InChI is InChI=1S/C17H16O3/c1-10(2)11-7-5-9-14-15(11)16(17(18)19)12-6-3-4-8-13(12)20-14/h3-10,16H,1-2H3,(H,18,19). The van der Waals surface area contributed by atoms with Crippen molar-refractivity contribution in [2.24, 2.45) is 0 Å². The molecule has 0 spiro atoms. The average Bonchev–Trinajstić information content (AvgIpc) is 2.43. The molecule has 1 aliphatic rings. The third-order valence-corrected chi connectivity index (χ3v) is 3.71. The highest BCUT2D eigenvalue weighted by atomic mass is 16.5. The zero-order chi connectivity index (χ0) is 14.3. The summed E-state index contributed by atoms with van der Waals surface area (Å²) in [5.74, 6) is 0.0416. The first-order chi connectivity index (χ1) is 9.59. The summed E-state index contributed by atoms with van der Waals surface area (Å²) in [5.41, 5.74) is 2.54. The summed E-state index contributed by atoms with van der Waals surface area (Å²) in [6.07, 6.45) is 0. The fourth-order valence-corrected chi connectivity index (χ4v) is 2.80. The first kappa shape index (κ1) is 12.7. The fourth-order valence-electron chi connectivity index (χ4n) is 2.80. The maximum Gasteiger partial charge on any atom is 0.315 e. The highest BCUT2D eigenvalue weighted by molar-refractivity contribution is 5.84. The molecule has 3 nitrogen and oxygen atoms in total. The molecule has 2 aromatic carbocycles. The maximum absolute atomic E-state index is 11.8. The van der Waals surface area contributed by atoms with E-state index in [-0.39, 0.29) is 5.92 Å². The van der Waals surface area contributed by atoms with E-state index in [1.165, 1.54) is 0 Å². The predicted octanol–water partition coefficient (Wildman–Crippen LogP) is 4.13. The number of hydrogen-bond acceptors (Lipinski definition) is 2. The van der Waals surface area contributed by atoms with E-state index in [4.69, 9.17) is 4.74 Å². The number of carbonyl (C=O) groups is 1. The molecular formula is C17H16O3. The van der Waals surface area contributed by atoms with Gasteiger partial charge in [0.05, 0.1) is 0 Å². The van der Waals surface area contributed by atoms with Crippen LogP contribution in [0.3, 0.4) is 0 Å². The molecular weight excluding hydrogens is 252 g/mol. The van der Waals surface area contributed by atoms with Gasteiger partial charge in [-0.1, -0.05) is 44.2 Å². The lowest BCUT2D eigenvalue weighted by Gasteiger charge is -2.28. The summed E-state index contributed by atoms with van der Waals surface area (Å²) in [6, 6.07) is 13.1. The summed E-state index contributed by atoms with van der Waals surface area (Å²) in [5, 5.41) is 9.68. The topological polar surface area (TPSA) is 46.5 Å².